The fraction of sp³-hybridized carbons (Fsp3) is 0.417. The molecule has 0 aliphatic carbocycles. The average molecular weight is 237 g/mol. The molecule has 0 radical (unpaired) electrons. The van der Waals surface area contributed by atoms with Gasteiger partial charge in [0.15, 0.2) is 0 Å². The zero-order valence-electron chi connectivity index (χ0n) is 9.35. The summed E-state index contributed by atoms with van der Waals surface area (Å²) >= 11 is 0. The lowest BCUT2D eigenvalue weighted by molar-refractivity contribution is 0.0857. The van der Waals surface area contributed by atoms with Crippen LogP contribution < -0.4 is 5.32 Å². The van der Waals surface area contributed by atoms with Crippen molar-refractivity contribution in [1.29, 1.82) is 0 Å². The number of amides is 1. The van der Waals surface area contributed by atoms with Gasteiger partial charge in [-0.15, -0.1) is 0 Å². The number of hydrogen-bond donors (Lipinski definition) is 3. The topological polar surface area (TPSA) is 78.8 Å². The number of rotatable bonds is 3. The first-order valence-electron chi connectivity index (χ1n) is 5.58. The third-order valence-electron chi connectivity index (χ3n) is 2.68. The van der Waals surface area contributed by atoms with E-state index in [1.807, 2.05) is 0 Å². The minimum absolute atomic E-state index is 0.0739. The number of nitrogens with one attached hydrogen (secondary N) is 1. The van der Waals surface area contributed by atoms with Crippen molar-refractivity contribution in [3.8, 4) is 11.5 Å². The van der Waals surface area contributed by atoms with Crippen LogP contribution in [0.4, 0.5) is 0 Å². The van der Waals surface area contributed by atoms with Crippen molar-refractivity contribution < 1.29 is 19.7 Å². The van der Waals surface area contributed by atoms with Crippen LogP contribution in [0, 0.1) is 0 Å². The number of carbonyl (C=O) groups excluding carboxylic acids is 1. The van der Waals surface area contributed by atoms with E-state index in [1.165, 1.54) is 18.2 Å². The molecule has 0 bridgehead atoms. The lowest BCUT2D eigenvalue weighted by Gasteiger charge is -2.11. The van der Waals surface area contributed by atoms with E-state index in [2.05, 4.69) is 5.32 Å². The van der Waals surface area contributed by atoms with E-state index in [-0.39, 0.29) is 29.1 Å². The van der Waals surface area contributed by atoms with Gasteiger partial charge in [-0.3, -0.25) is 4.79 Å². The van der Waals surface area contributed by atoms with Gasteiger partial charge in [0.2, 0.25) is 0 Å². The van der Waals surface area contributed by atoms with Crippen LogP contribution >= 0.6 is 0 Å². The van der Waals surface area contributed by atoms with E-state index in [4.69, 9.17) is 4.74 Å². The standard InChI is InChI=1S/C12H15NO4/c14-9-4-8(5-10(15)6-9)12(16)13-7-11-2-1-3-17-11/h4-6,11,14-15H,1-3,7H2,(H,13,16). The highest BCUT2D eigenvalue weighted by molar-refractivity contribution is 5.95. The molecule has 92 valence electrons. The Morgan fingerprint density at radius 1 is 1.35 bits per heavy atom. The number of phenols is 2. The molecule has 0 aromatic heterocycles. The molecule has 1 aromatic carbocycles. The van der Waals surface area contributed by atoms with Crippen LogP contribution in [-0.2, 0) is 4.74 Å². The van der Waals surface area contributed by atoms with Crippen molar-refractivity contribution >= 4 is 5.91 Å². The van der Waals surface area contributed by atoms with Crippen LogP contribution in [0.1, 0.15) is 23.2 Å². The van der Waals surface area contributed by atoms with Crippen molar-refractivity contribution in [2.75, 3.05) is 13.2 Å². The predicted molar refractivity (Wildman–Crippen MR) is 61.1 cm³/mol. The molecule has 1 aromatic rings. The number of carbonyl (C=O) groups is 1. The molecule has 5 nitrogen and oxygen atoms in total. The minimum Gasteiger partial charge on any atom is -0.508 e. The SMILES string of the molecule is O=C(NCC1CCCO1)c1cc(O)cc(O)c1. The van der Waals surface area contributed by atoms with E-state index in [9.17, 15) is 15.0 Å². The Balaban J connectivity index is 1.94. The quantitative estimate of drug-likeness (QED) is 0.733. The maximum atomic E-state index is 11.7. The maximum absolute atomic E-state index is 11.7. The maximum Gasteiger partial charge on any atom is 0.251 e. The molecule has 17 heavy (non-hydrogen) atoms. The smallest absolute Gasteiger partial charge is 0.251 e. The summed E-state index contributed by atoms with van der Waals surface area (Å²) in [5.74, 6) is -0.591. The Morgan fingerprint density at radius 2 is 2.06 bits per heavy atom. The third-order valence-corrected chi connectivity index (χ3v) is 2.68. The van der Waals surface area contributed by atoms with Crippen molar-refractivity contribution in [2.24, 2.45) is 0 Å². The molecular formula is C12H15NO4. The molecule has 0 saturated carbocycles. The molecule has 0 spiro atoms. The van der Waals surface area contributed by atoms with Gasteiger partial charge in [0.25, 0.3) is 5.91 Å². The summed E-state index contributed by atoms with van der Waals surface area (Å²) in [4.78, 5) is 11.7. The zero-order valence-corrected chi connectivity index (χ0v) is 9.35. The molecular weight excluding hydrogens is 222 g/mol. The van der Waals surface area contributed by atoms with Gasteiger partial charge >= 0.3 is 0 Å². The molecule has 1 aliphatic heterocycles. The molecule has 2 rings (SSSR count). The highest BCUT2D eigenvalue weighted by Gasteiger charge is 2.17. The Hall–Kier alpha value is -1.75. The number of phenolic OH excluding ortho intramolecular Hbond substituents is 2. The number of benzene rings is 1. The molecule has 1 unspecified atom stereocenters. The molecule has 1 amide bonds. The Bertz CT molecular complexity index is 393. The summed E-state index contributed by atoms with van der Waals surface area (Å²) in [6, 6.07) is 3.80. The molecule has 1 fully saturated rings. The summed E-state index contributed by atoms with van der Waals surface area (Å²) in [5, 5.41) is 21.2. The molecule has 5 heteroatoms. The zero-order chi connectivity index (χ0) is 12.3. The summed E-state index contributed by atoms with van der Waals surface area (Å²) < 4.78 is 5.37. The average Bonchev–Trinajstić information content (AvgIpc) is 2.77. The van der Waals surface area contributed by atoms with Gasteiger partial charge in [0.05, 0.1) is 6.10 Å². The van der Waals surface area contributed by atoms with Gasteiger partial charge in [-0.2, -0.15) is 0 Å². The van der Waals surface area contributed by atoms with Crippen LogP contribution in [0.3, 0.4) is 0 Å². The molecule has 1 heterocycles. The van der Waals surface area contributed by atoms with E-state index in [0.717, 1.165) is 19.4 Å². The lowest BCUT2D eigenvalue weighted by atomic mass is 10.2. The Kier molecular flexibility index (Phi) is 3.49. The van der Waals surface area contributed by atoms with E-state index in [0.29, 0.717) is 6.54 Å². The highest BCUT2D eigenvalue weighted by Crippen LogP contribution is 2.20. The molecule has 3 N–H and O–H groups in total. The van der Waals surface area contributed by atoms with Crippen LogP contribution in [-0.4, -0.2) is 35.4 Å². The summed E-state index contributed by atoms with van der Waals surface area (Å²) in [6.07, 6.45) is 2.05. The Morgan fingerprint density at radius 3 is 2.65 bits per heavy atom. The number of hydrogen-bond acceptors (Lipinski definition) is 4. The summed E-state index contributed by atoms with van der Waals surface area (Å²) in [7, 11) is 0. The predicted octanol–water partition coefficient (Wildman–Crippen LogP) is 1.01. The van der Waals surface area contributed by atoms with Crippen molar-refractivity contribution in [3.63, 3.8) is 0 Å². The van der Waals surface area contributed by atoms with Crippen LogP contribution in [0.15, 0.2) is 18.2 Å². The van der Waals surface area contributed by atoms with Crippen LogP contribution in [0.5, 0.6) is 11.5 Å². The molecule has 1 saturated heterocycles. The molecule has 1 atom stereocenters. The normalized spacial score (nSPS) is 19.2. The summed E-state index contributed by atoms with van der Waals surface area (Å²) in [5.41, 5.74) is 0.237. The largest absolute Gasteiger partial charge is 0.508 e. The fourth-order valence-electron chi connectivity index (χ4n) is 1.84. The van der Waals surface area contributed by atoms with Gasteiger partial charge in [0, 0.05) is 24.8 Å². The monoisotopic (exact) mass is 237 g/mol. The highest BCUT2D eigenvalue weighted by atomic mass is 16.5. The third kappa shape index (κ3) is 3.10. The minimum atomic E-state index is -0.327. The summed E-state index contributed by atoms with van der Waals surface area (Å²) in [6.45, 7) is 1.20. The van der Waals surface area contributed by atoms with E-state index in [1.54, 1.807) is 0 Å². The van der Waals surface area contributed by atoms with Crippen molar-refractivity contribution in [1.82, 2.24) is 5.32 Å². The van der Waals surface area contributed by atoms with Gasteiger partial charge in [0.1, 0.15) is 11.5 Å². The van der Waals surface area contributed by atoms with Gasteiger partial charge in [-0.1, -0.05) is 0 Å². The van der Waals surface area contributed by atoms with Gasteiger partial charge < -0.3 is 20.3 Å². The first-order valence-corrected chi connectivity index (χ1v) is 5.58. The number of aromatic hydroxyl groups is 2. The second kappa shape index (κ2) is 5.05. The van der Waals surface area contributed by atoms with Crippen molar-refractivity contribution in [3.05, 3.63) is 23.8 Å². The van der Waals surface area contributed by atoms with Gasteiger partial charge in [-0.05, 0) is 25.0 Å². The number of ether oxygens (including phenoxy) is 1. The van der Waals surface area contributed by atoms with Crippen LogP contribution in [0.2, 0.25) is 0 Å². The van der Waals surface area contributed by atoms with E-state index >= 15 is 0 Å². The van der Waals surface area contributed by atoms with E-state index < -0.39 is 0 Å². The first kappa shape index (κ1) is 11.7. The van der Waals surface area contributed by atoms with Crippen molar-refractivity contribution in [2.45, 2.75) is 18.9 Å². The van der Waals surface area contributed by atoms with Crippen LogP contribution in [0.25, 0.3) is 0 Å². The first-order chi connectivity index (χ1) is 8.15. The molecule has 1 aliphatic rings. The Labute approximate surface area is 99.0 Å². The van der Waals surface area contributed by atoms with Gasteiger partial charge in [-0.25, -0.2) is 0 Å². The second-order valence-electron chi connectivity index (χ2n) is 4.08. The lowest BCUT2D eigenvalue weighted by Crippen LogP contribution is -2.31. The second-order valence-corrected chi connectivity index (χ2v) is 4.08. The fourth-order valence-corrected chi connectivity index (χ4v) is 1.84.